The first kappa shape index (κ1) is 94.2. The molecule has 0 saturated heterocycles. The Morgan fingerprint density at radius 2 is 0.582 bits per heavy atom. The minimum Gasteiger partial charge on any atom is -0.462 e. The largest absolute Gasteiger partial charge is 0.472 e. The molecule has 0 rings (SSSR count). The maximum Gasteiger partial charge on any atom is 0.472 e. The molecule has 98 heavy (non-hydrogen) atoms. The number of likely N-dealkylation sites (N-methyl/N-ethyl adjacent to an activating group) is 1. The molecule has 0 spiro atoms. The van der Waals surface area contributed by atoms with E-state index in [1.165, 1.54) is 218 Å². The Morgan fingerprint density at radius 1 is 0.327 bits per heavy atom. The van der Waals surface area contributed by atoms with Gasteiger partial charge in [0.15, 0.2) is 6.10 Å². The Bertz CT molecular complexity index is 2120. The Morgan fingerprint density at radius 3 is 0.867 bits per heavy atom. The van der Waals surface area contributed by atoms with Crippen molar-refractivity contribution < 1.29 is 42.1 Å². The first-order valence-electron chi connectivity index (χ1n) is 40.9. The highest BCUT2D eigenvalue weighted by molar-refractivity contribution is 7.47. The van der Waals surface area contributed by atoms with E-state index in [1.807, 2.05) is 21.1 Å². The monoisotopic (exact) mass is 1390 g/mol. The molecule has 0 amide bonds. The van der Waals surface area contributed by atoms with Gasteiger partial charge in [-0.25, -0.2) is 4.57 Å². The van der Waals surface area contributed by atoms with Crippen molar-refractivity contribution in [3.05, 3.63) is 134 Å². The highest BCUT2D eigenvalue weighted by Gasteiger charge is 2.27. The van der Waals surface area contributed by atoms with Gasteiger partial charge in [0.25, 0.3) is 0 Å². The van der Waals surface area contributed by atoms with Crippen molar-refractivity contribution in [2.45, 2.75) is 367 Å². The highest BCUT2D eigenvalue weighted by atomic mass is 31.2. The van der Waals surface area contributed by atoms with Gasteiger partial charge >= 0.3 is 19.8 Å². The summed E-state index contributed by atoms with van der Waals surface area (Å²) in [5, 5.41) is 0. The van der Waals surface area contributed by atoms with Crippen LogP contribution in [0.15, 0.2) is 134 Å². The highest BCUT2D eigenvalue weighted by Crippen LogP contribution is 2.43. The average molecular weight is 1390 g/mol. The van der Waals surface area contributed by atoms with Gasteiger partial charge in [0.05, 0.1) is 27.7 Å². The van der Waals surface area contributed by atoms with Crippen molar-refractivity contribution >= 4 is 19.8 Å². The normalized spacial score (nSPS) is 13.7. The zero-order chi connectivity index (χ0) is 71.1. The van der Waals surface area contributed by atoms with E-state index in [4.69, 9.17) is 18.5 Å². The molecular weight excluding hydrogens is 1230 g/mol. The van der Waals surface area contributed by atoms with E-state index in [9.17, 15) is 19.0 Å². The van der Waals surface area contributed by atoms with Crippen molar-refractivity contribution in [2.24, 2.45) is 0 Å². The van der Waals surface area contributed by atoms with E-state index in [1.54, 1.807) is 0 Å². The summed E-state index contributed by atoms with van der Waals surface area (Å²) in [6, 6.07) is 0. The van der Waals surface area contributed by atoms with Crippen molar-refractivity contribution in [2.75, 3.05) is 47.5 Å². The Labute approximate surface area is 606 Å². The van der Waals surface area contributed by atoms with Crippen LogP contribution in [0, 0.1) is 0 Å². The van der Waals surface area contributed by atoms with Crippen LogP contribution >= 0.6 is 7.82 Å². The fraction of sp³-hybridized carbons (Fsp3) is 0.727. The summed E-state index contributed by atoms with van der Waals surface area (Å²) in [5.41, 5.74) is 0. The Hall–Kier alpha value is -3.85. The van der Waals surface area contributed by atoms with Gasteiger partial charge in [0.1, 0.15) is 19.8 Å². The van der Waals surface area contributed by atoms with Crippen LogP contribution in [-0.2, 0) is 32.7 Å². The van der Waals surface area contributed by atoms with Gasteiger partial charge in [-0.2, -0.15) is 0 Å². The molecular formula is C88H155NO8P+. The third-order valence-electron chi connectivity index (χ3n) is 17.7. The molecule has 0 aromatic carbocycles. The minimum atomic E-state index is -4.41. The number of allylic oxidation sites excluding steroid dienone is 22. The second-order valence-electron chi connectivity index (χ2n) is 28.4. The first-order chi connectivity index (χ1) is 48.0. The van der Waals surface area contributed by atoms with Gasteiger partial charge in [-0.3, -0.25) is 18.6 Å². The van der Waals surface area contributed by atoms with Crippen LogP contribution in [0.3, 0.4) is 0 Å². The molecule has 0 aliphatic rings. The van der Waals surface area contributed by atoms with Crippen LogP contribution in [0.1, 0.15) is 361 Å². The predicted molar refractivity (Wildman–Crippen MR) is 427 cm³/mol. The number of ether oxygens (including phenoxy) is 2. The van der Waals surface area contributed by atoms with Crippen LogP contribution in [0.5, 0.6) is 0 Å². The number of quaternary nitrogens is 1. The van der Waals surface area contributed by atoms with Crippen LogP contribution in [0.2, 0.25) is 0 Å². The van der Waals surface area contributed by atoms with Crippen LogP contribution in [0.25, 0.3) is 0 Å². The third-order valence-corrected chi connectivity index (χ3v) is 18.6. The molecule has 564 valence electrons. The SMILES string of the molecule is CC/C=C\C/C=C\C/C=C\C/C=C\C/C=C\C/C=C\C/C=C\C/C=C\C/C=C\CCCCCCCCCC(=O)OC(COC(=O)CCCCCCCCCCCCCCCCCCCCCCCCCCCCC/C=C\C/C=C\CCCCCCC)COP(=O)(O)OCC[N+](C)(C)C. The van der Waals surface area contributed by atoms with Gasteiger partial charge in [0.2, 0.25) is 0 Å². The molecule has 2 atom stereocenters. The quantitative estimate of drug-likeness (QED) is 0.0211. The van der Waals surface area contributed by atoms with Crippen molar-refractivity contribution in [1.29, 1.82) is 0 Å². The zero-order valence-corrected chi connectivity index (χ0v) is 65.4. The summed E-state index contributed by atoms with van der Waals surface area (Å²) in [5.74, 6) is -0.804. The van der Waals surface area contributed by atoms with Crippen LogP contribution < -0.4 is 0 Å². The van der Waals surface area contributed by atoms with E-state index in [0.29, 0.717) is 17.4 Å². The van der Waals surface area contributed by atoms with Crippen LogP contribution in [0.4, 0.5) is 0 Å². The summed E-state index contributed by atoms with van der Waals surface area (Å²) < 4.78 is 34.8. The number of rotatable bonds is 75. The summed E-state index contributed by atoms with van der Waals surface area (Å²) in [4.78, 5) is 36.0. The first-order valence-corrected chi connectivity index (χ1v) is 42.4. The van der Waals surface area contributed by atoms with E-state index < -0.39 is 26.5 Å². The fourth-order valence-electron chi connectivity index (χ4n) is 11.5. The molecule has 0 aliphatic carbocycles. The summed E-state index contributed by atoms with van der Waals surface area (Å²) in [6.45, 7) is 4.33. The molecule has 9 nitrogen and oxygen atoms in total. The topological polar surface area (TPSA) is 108 Å². The lowest BCUT2D eigenvalue weighted by Crippen LogP contribution is -2.37. The standard InChI is InChI=1S/C88H154NO8P/c1-6-8-10-12-14-16-18-20-22-24-26-28-30-32-34-36-38-40-42-43-44-45-47-48-50-52-54-56-58-60-62-64-66-68-70-72-74-76-78-80-87(90)94-84-86(85-96-98(92,93)95-83-82-89(3,4)5)97-88(91)81-79-77-75-73-71-69-67-65-63-61-59-57-55-53-51-49-46-41-39-37-35-33-31-29-27-25-23-21-19-17-15-13-11-9-7-2/h9,11,15,17-18,20-21,23-24,26-27,29,33,35,39,41,49,51,55,57,61,63,86H,6-8,10,12-14,16,19,22,25,28,30-32,34,36-38,40,42-48,50,52-54,56,58-60,62,64-85H2,1-5H3/p+1/b11-9-,17-15-,20-18-,23-21-,26-24-,29-27-,35-33-,41-39-,51-49-,57-55-,63-61-. The summed E-state index contributed by atoms with van der Waals surface area (Å²) >= 11 is 0. The number of carbonyl (C=O) groups is 2. The minimum absolute atomic E-state index is 0.0248. The van der Waals surface area contributed by atoms with Crippen molar-refractivity contribution in [3.8, 4) is 0 Å². The summed E-state index contributed by atoms with van der Waals surface area (Å²) in [6.07, 6.45) is 113. The van der Waals surface area contributed by atoms with Gasteiger partial charge in [-0.1, -0.05) is 366 Å². The Balaban J connectivity index is 3.99. The summed E-state index contributed by atoms with van der Waals surface area (Å²) in [7, 11) is 1.47. The molecule has 1 N–H and O–H groups in total. The molecule has 0 aliphatic heterocycles. The Kier molecular flexibility index (Phi) is 74.3. The molecule has 10 heteroatoms. The maximum absolute atomic E-state index is 12.9. The zero-order valence-electron chi connectivity index (χ0n) is 64.5. The van der Waals surface area contributed by atoms with Crippen LogP contribution in [-0.4, -0.2) is 74.9 Å². The van der Waals surface area contributed by atoms with Crippen molar-refractivity contribution in [1.82, 2.24) is 0 Å². The molecule has 0 fully saturated rings. The van der Waals surface area contributed by atoms with E-state index in [-0.39, 0.29) is 32.0 Å². The van der Waals surface area contributed by atoms with E-state index >= 15 is 0 Å². The molecule has 0 saturated carbocycles. The number of phosphoric acid groups is 1. The second kappa shape index (κ2) is 77.3. The maximum atomic E-state index is 12.9. The average Bonchev–Trinajstić information content (AvgIpc) is 1.08. The number of nitrogens with zero attached hydrogens (tertiary/aromatic N) is 1. The number of unbranched alkanes of at least 4 members (excludes halogenated alkanes) is 39. The number of phosphoric ester groups is 1. The van der Waals surface area contributed by atoms with Crippen molar-refractivity contribution in [3.63, 3.8) is 0 Å². The lowest BCUT2D eigenvalue weighted by atomic mass is 10.0. The number of esters is 2. The fourth-order valence-corrected chi connectivity index (χ4v) is 12.2. The molecule has 0 aromatic rings. The van der Waals surface area contributed by atoms with E-state index in [0.717, 1.165) is 109 Å². The number of hydrogen-bond donors (Lipinski definition) is 1. The molecule has 0 radical (unpaired) electrons. The number of hydrogen-bond acceptors (Lipinski definition) is 7. The van der Waals surface area contributed by atoms with E-state index in [2.05, 4.69) is 148 Å². The molecule has 0 heterocycles. The lowest BCUT2D eigenvalue weighted by Gasteiger charge is -2.24. The molecule has 0 aromatic heterocycles. The smallest absolute Gasteiger partial charge is 0.462 e. The van der Waals surface area contributed by atoms with Gasteiger partial charge in [0, 0.05) is 12.8 Å². The molecule has 0 bridgehead atoms. The third kappa shape index (κ3) is 81.1. The second-order valence-corrected chi connectivity index (χ2v) is 29.9. The number of carbonyl (C=O) groups excluding carboxylic acids is 2. The molecule has 2 unspecified atom stereocenters. The van der Waals surface area contributed by atoms with Gasteiger partial charge in [-0.15, -0.1) is 0 Å². The van der Waals surface area contributed by atoms with Gasteiger partial charge in [-0.05, 0) is 116 Å². The predicted octanol–water partition coefficient (Wildman–Crippen LogP) is 27.5. The van der Waals surface area contributed by atoms with Gasteiger partial charge < -0.3 is 18.9 Å². The lowest BCUT2D eigenvalue weighted by molar-refractivity contribution is -0.870.